The van der Waals surface area contributed by atoms with Gasteiger partial charge >= 0.3 is 0 Å². The van der Waals surface area contributed by atoms with Crippen molar-refractivity contribution in [3.63, 3.8) is 0 Å². The molecule has 1 atom stereocenters. The maximum Gasteiger partial charge on any atom is 0.267 e. The largest absolute Gasteiger partial charge is 0.476 e. The SMILES string of the molecule is CS(=O)(=O)N1C[C@H](C(=O)Nc2ccccc2C(=O)N2CCCC2)Oc2ccccc21. The number of carbonyl (C=O) groups excluding carboxylic acids is 2. The minimum atomic E-state index is -3.60. The van der Waals surface area contributed by atoms with Crippen LogP contribution >= 0.6 is 0 Å². The normalized spacial score (nSPS) is 18.5. The van der Waals surface area contributed by atoms with Crippen LogP contribution in [0, 0.1) is 0 Å². The summed E-state index contributed by atoms with van der Waals surface area (Å²) < 4.78 is 31.5. The van der Waals surface area contributed by atoms with Gasteiger partial charge in [0.15, 0.2) is 6.10 Å². The number of rotatable bonds is 4. The molecule has 2 aliphatic heterocycles. The van der Waals surface area contributed by atoms with Crippen LogP contribution in [-0.4, -0.2) is 57.1 Å². The number of hydrogen-bond donors (Lipinski definition) is 1. The molecule has 2 aromatic rings. The minimum absolute atomic E-state index is 0.129. The summed E-state index contributed by atoms with van der Waals surface area (Å²) in [5.74, 6) is -0.327. The van der Waals surface area contributed by atoms with Crippen molar-refractivity contribution in [2.75, 3.05) is 35.5 Å². The number of benzene rings is 2. The molecule has 8 nitrogen and oxygen atoms in total. The van der Waals surface area contributed by atoms with E-state index in [4.69, 9.17) is 4.74 Å². The van der Waals surface area contributed by atoms with Crippen molar-refractivity contribution in [1.82, 2.24) is 4.90 Å². The number of carbonyl (C=O) groups is 2. The van der Waals surface area contributed by atoms with Gasteiger partial charge < -0.3 is 15.0 Å². The van der Waals surface area contributed by atoms with Crippen LogP contribution in [0.2, 0.25) is 0 Å². The third-order valence-electron chi connectivity index (χ3n) is 5.24. The molecule has 0 aromatic heterocycles. The van der Waals surface area contributed by atoms with E-state index in [1.165, 1.54) is 0 Å². The summed E-state index contributed by atoms with van der Waals surface area (Å²) >= 11 is 0. The zero-order valence-corrected chi connectivity index (χ0v) is 17.4. The maximum absolute atomic E-state index is 13.0. The molecule has 0 saturated carbocycles. The van der Waals surface area contributed by atoms with Crippen LogP contribution in [0.1, 0.15) is 23.2 Å². The van der Waals surface area contributed by atoms with Crippen molar-refractivity contribution in [2.24, 2.45) is 0 Å². The summed E-state index contributed by atoms with van der Waals surface area (Å²) in [5.41, 5.74) is 1.19. The van der Waals surface area contributed by atoms with Gasteiger partial charge in [0.05, 0.1) is 29.7 Å². The molecule has 1 fully saturated rings. The lowest BCUT2D eigenvalue weighted by molar-refractivity contribution is -0.122. The van der Waals surface area contributed by atoms with Gasteiger partial charge in [-0.15, -0.1) is 0 Å². The first-order valence-electron chi connectivity index (χ1n) is 9.77. The topological polar surface area (TPSA) is 96.0 Å². The van der Waals surface area contributed by atoms with Crippen molar-refractivity contribution in [2.45, 2.75) is 18.9 Å². The molecule has 0 radical (unpaired) electrons. The van der Waals surface area contributed by atoms with Gasteiger partial charge in [-0.05, 0) is 37.1 Å². The van der Waals surface area contributed by atoms with E-state index in [1.54, 1.807) is 53.4 Å². The number of nitrogens with one attached hydrogen (secondary N) is 1. The fourth-order valence-corrected chi connectivity index (χ4v) is 4.65. The Morgan fingerprint density at radius 3 is 2.43 bits per heavy atom. The summed E-state index contributed by atoms with van der Waals surface area (Å²) in [6.45, 7) is 1.25. The minimum Gasteiger partial charge on any atom is -0.476 e. The number of para-hydroxylation sites is 3. The summed E-state index contributed by atoms with van der Waals surface area (Å²) in [4.78, 5) is 27.6. The number of sulfonamides is 1. The van der Waals surface area contributed by atoms with E-state index in [0.29, 0.717) is 35.8 Å². The lowest BCUT2D eigenvalue weighted by Crippen LogP contribution is -2.48. The highest BCUT2D eigenvalue weighted by molar-refractivity contribution is 7.92. The lowest BCUT2D eigenvalue weighted by Gasteiger charge is -2.34. The van der Waals surface area contributed by atoms with E-state index in [-0.39, 0.29) is 12.5 Å². The predicted octanol–water partition coefficient (Wildman–Crippen LogP) is 2.09. The Labute approximate surface area is 175 Å². The number of hydrogen-bond acceptors (Lipinski definition) is 5. The second-order valence-corrected chi connectivity index (χ2v) is 9.31. The Bertz CT molecular complexity index is 1080. The van der Waals surface area contributed by atoms with Crippen LogP contribution in [0.15, 0.2) is 48.5 Å². The van der Waals surface area contributed by atoms with Crippen molar-refractivity contribution in [3.05, 3.63) is 54.1 Å². The molecule has 1 N–H and O–H groups in total. The van der Waals surface area contributed by atoms with Crippen molar-refractivity contribution >= 4 is 33.2 Å². The van der Waals surface area contributed by atoms with Crippen LogP contribution in [0.3, 0.4) is 0 Å². The molecule has 30 heavy (non-hydrogen) atoms. The third-order valence-corrected chi connectivity index (χ3v) is 6.38. The van der Waals surface area contributed by atoms with Gasteiger partial charge in [0.1, 0.15) is 5.75 Å². The highest BCUT2D eigenvalue weighted by Crippen LogP contribution is 2.35. The van der Waals surface area contributed by atoms with Gasteiger partial charge in [0.2, 0.25) is 10.0 Å². The van der Waals surface area contributed by atoms with Crippen LogP contribution in [-0.2, 0) is 14.8 Å². The summed E-state index contributed by atoms with van der Waals surface area (Å²) in [7, 11) is -3.60. The Morgan fingerprint density at radius 1 is 1.03 bits per heavy atom. The van der Waals surface area contributed by atoms with E-state index >= 15 is 0 Å². The van der Waals surface area contributed by atoms with E-state index in [9.17, 15) is 18.0 Å². The zero-order chi connectivity index (χ0) is 21.3. The van der Waals surface area contributed by atoms with E-state index in [0.717, 1.165) is 23.4 Å². The molecule has 0 spiro atoms. The highest BCUT2D eigenvalue weighted by Gasteiger charge is 2.35. The molecule has 0 aliphatic carbocycles. The number of anilines is 2. The third kappa shape index (κ3) is 3.97. The fourth-order valence-electron chi connectivity index (χ4n) is 3.74. The predicted molar refractivity (Wildman–Crippen MR) is 113 cm³/mol. The summed E-state index contributed by atoms with van der Waals surface area (Å²) in [5, 5.41) is 2.75. The highest BCUT2D eigenvalue weighted by atomic mass is 32.2. The molecule has 0 unspecified atom stereocenters. The number of amides is 2. The van der Waals surface area contributed by atoms with E-state index < -0.39 is 22.0 Å². The van der Waals surface area contributed by atoms with Crippen LogP contribution in [0.5, 0.6) is 5.75 Å². The van der Waals surface area contributed by atoms with Crippen molar-refractivity contribution in [1.29, 1.82) is 0 Å². The second-order valence-electron chi connectivity index (χ2n) is 7.40. The maximum atomic E-state index is 13.0. The molecule has 2 aliphatic rings. The van der Waals surface area contributed by atoms with Gasteiger partial charge in [-0.1, -0.05) is 24.3 Å². The molecule has 158 valence electrons. The summed E-state index contributed by atoms with van der Waals surface area (Å²) in [6.07, 6.45) is 1.98. The van der Waals surface area contributed by atoms with Gasteiger partial charge in [0, 0.05) is 13.1 Å². The number of fused-ring (bicyclic) bond motifs is 1. The van der Waals surface area contributed by atoms with E-state index in [1.807, 2.05) is 0 Å². The van der Waals surface area contributed by atoms with Crippen molar-refractivity contribution < 1.29 is 22.7 Å². The van der Waals surface area contributed by atoms with Gasteiger partial charge in [-0.2, -0.15) is 0 Å². The number of likely N-dealkylation sites (tertiary alicyclic amines) is 1. The molecule has 1 saturated heterocycles. The van der Waals surface area contributed by atoms with Crippen LogP contribution < -0.4 is 14.4 Å². The first-order valence-corrected chi connectivity index (χ1v) is 11.6. The standard InChI is InChI=1S/C21H23N3O5S/c1-30(27,28)24-14-19(29-18-11-5-4-10-17(18)24)20(25)22-16-9-3-2-8-15(16)21(26)23-12-6-7-13-23/h2-5,8-11,19H,6-7,12-14H2,1H3,(H,22,25)/t19-/m1/s1. The fraction of sp³-hybridized carbons (Fsp3) is 0.333. The van der Waals surface area contributed by atoms with Crippen molar-refractivity contribution in [3.8, 4) is 5.75 Å². The quantitative estimate of drug-likeness (QED) is 0.803. The number of nitrogens with zero attached hydrogens (tertiary/aromatic N) is 2. The molecule has 2 aromatic carbocycles. The zero-order valence-electron chi connectivity index (χ0n) is 16.6. The smallest absolute Gasteiger partial charge is 0.267 e. The Kier molecular flexibility index (Phi) is 5.38. The molecular formula is C21H23N3O5S. The summed E-state index contributed by atoms with van der Waals surface area (Å²) in [6, 6.07) is 13.5. The molecule has 2 amide bonds. The molecule has 4 rings (SSSR count). The Morgan fingerprint density at radius 2 is 1.70 bits per heavy atom. The van der Waals surface area contributed by atoms with Gasteiger partial charge in [-0.3, -0.25) is 13.9 Å². The first kappa shape index (κ1) is 20.2. The Hall–Kier alpha value is -3.07. The van der Waals surface area contributed by atoms with Gasteiger partial charge in [-0.25, -0.2) is 8.42 Å². The molecule has 9 heteroatoms. The molecule has 2 heterocycles. The molecular weight excluding hydrogens is 406 g/mol. The van der Waals surface area contributed by atoms with E-state index in [2.05, 4.69) is 5.32 Å². The second kappa shape index (κ2) is 7.98. The monoisotopic (exact) mass is 429 g/mol. The molecule has 0 bridgehead atoms. The number of ether oxygens (including phenoxy) is 1. The van der Waals surface area contributed by atoms with Gasteiger partial charge in [0.25, 0.3) is 11.8 Å². The average molecular weight is 429 g/mol. The lowest BCUT2D eigenvalue weighted by atomic mass is 10.1. The van der Waals surface area contributed by atoms with Crippen LogP contribution in [0.25, 0.3) is 0 Å². The Balaban J connectivity index is 1.57. The van der Waals surface area contributed by atoms with Crippen LogP contribution in [0.4, 0.5) is 11.4 Å². The average Bonchev–Trinajstić information content (AvgIpc) is 3.27. The first-order chi connectivity index (χ1) is 14.3.